The Hall–Kier alpha value is -2.54. The molecular weight excluding hydrogens is 288 g/mol. The third-order valence-corrected chi connectivity index (χ3v) is 3.18. The van der Waals surface area contributed by atoms with Gasteiger partial charge in [0.05, 0.1) is 18.3 Å². The van der Waals surface area contributed by atoms with E-state index in [-0.39, 0.29) is 11.3 Å². The van der Waals surface area contributed by atoms with Crippen molar-refractivity contribution < 1.29 is 8.78 Å². The first kappa shape index (κ1) is 15.8. The van der Waals surface area contributed by atoms with Gasteiger partial charge in [0, 0.05) is 11.8 Å². The van der Waals surface area contributed by atoms with E-state index in [1.807, 2.05) is 0 Å². The Morgan fingerprint density at radius 2 is 2.23 bits per heavy atom. The van der Waals surface area contributed by atoms with Crippen molar-refractivity contribution in [2.24, 2.45) is 16.5 Å². The minimum Gasteiger partial charge on any atom is -0.405 e. The first-order valence-electron chi connectivity index (χ1n) is 6.65. The van der Waals surface area contributed by atoms with Crippen molar-refractivity contribution in [3.05, 3.63) is 59.8 Å². The first-order chi connectivity index (χ1) is 10.5. The van der Waals surface area contributed by atoms with Gasteiger partial charge in [0.25, 0.3) is 0 Å². The lowest BCUT2D eigenvalue weighted by atomic mass is 9.97. The van der Waals surface area contributed by atoms with Crippen molar-refractivity contribution in [3.63, 3.8) is 0 Å². The van der Waals surface area contributed by atoms with Crippen LogP contribution in [0.2, 0.25) is 0 Å². The highest BCUT2D eigenvalue weighted by atomic mass is 19.1. The average molecular weight is 305 g/mol. The molecule has 0 aromatic heterocycles. The molecule has 0 radical (unpaired) electrons. The second-order valence-electron chi connectivity index (χ2n) is 4.78. The highest BCUT2D eigenvalue weighted by molar-refractivity contribution is 6.44. The molecule has 7 heteroatoms. The van der Waals surface area contributed by atoms with Crippen LogP contribution in [0.1, 0.15) is 0 Å². The summed E-state index contributed by atoms with van der Waals surface area (Å²) in [6, 6.07) is -0.842. The van der Waals surface area contributed by atoms with Gasteiger partial charge < -0.3 is 16.8 Å². The summed E-state index contributed by atoms with van der Waals surface area (Å²) in [5.74, 6) is -0.246. The highest BCUT2D eigenvalue weighted by Gasteiger charge is 2.24. The Morgan fingerprint density at radius 1 is 1.45 bits per heavy atom. The zero-order chi connectivity index (χ0) is 16.1. The van der Waals surface area contributed by atoms with E-state index in [4.69, 9.17) is 16.9 Å². The molecule has 22 heavy (non-hydrogen) atoms. The van der Waals surface area contributed by atoms with Gasteiger partial charge in [-0.3, -0.25) is 10.4 Å². The lowest BCUT2D eigenvalue weighted by Crippen LogP contribution is -2.32. The Bertz CT molecular complexity index is 640. The fourth-order valence-electron chi connectivity index (χ4n) is 1.96. The second kappa shape index (κ2) is 6.95. The van der Waals surface area contributed by atoms with E-state index in [1.54, 1.807) is 12.3 Å². The summed E-state index contributed by atoms with van der Waals surface area (Å²) in [6.45, 7) is 0.299. The molecule has 0 bridgehead atoms. The smallest absolute Gasteiger partial charge is 0.150 e. The largest absolute Gasteiger partial charge is 0.405 e. The van der Waals surface area contributed by atoms with Gasteiger partial charge in [-0.15, -0.1) is 0 Å². The molecule has 2 atom stereocenters. The minimum atomic E-state index is -1.57. The zero-order valence-electron chi connectivity index (χ0n) is 11.8. The van der Waals surface area contributed by atoms with E-state index in [1.165, 1.54) is 30.5 Å². The maximum absolute atomic E-state index is 13.9. The molecular formula is C15H17F2N5. The van der Waals surface area contributed by atoms with Gasteiger partial charge in [0.15, 0.2) is 5.84 Å². The molecule has 0 saturated carbocycles. The molecule has 0 fully saturated rings. The fourth-order valence-corrected chi connectivity index (χ4v) is 1.96. The molecule has 0 aromatic carbocycles. The molecule has 0 spiro atoms. The van der Waals surface area contributed by atoms with Crippen molar-refractivity contribution >= 4 is 11.5 Å². The number of rotatable bonds is 4. The average Bonchev–Trinajstić information content (AvgIpc) is 2.52. The SMILES string of the molecule is N=C(C=CN)C1=NCC(C=CC2=C(F)C=CC(N)C2F)=CN1. The summed E-state index contributed by atoms with van der Waals surface area (Å²) in [5.41, 5.74) is 11.5. The predicted octanol–water partition coefficient (Wildman–Crippen LogP) is 1.38. The number of aliphatic imine (C=N–C) groups is 1. The summed E-state index contributed by atoms with van der Waals surface area (Å²) in [5, 5.41) is 10.5. The molecule has 1 heterocycles. The zero-order valence-corrected chi connectivity index (χ0v) is 11.8. The van der Waals surface area contributed by atoms with Crippen molar-refractivity contribution in [2.75, 3.05) is 6.54 Å². The Balaban J connectivity index is 2.04. The van der Waals surface area contributed by atoms with Gasteiger partial charge in [-0.25, -0.2) is 8.78 Å². The first-order valence-corrected chi connectivity index (χ1v) is 6.65. The van der Waals surface area contributed by atoms with E-state index in [9.17, 15) is 8.78 Å². The number of nitrogens with zero attached hydrogens (tertiary/aromatic N) is 1. The number of allylic oxidation sites excluding steroid dienone is 3. The van der Waals surface area contributed by atoms with Crippen LogP contribution in [-0.4, -0.2) is 30.3 Å². The van der Waals surface area contributed by atoms with Gasteiger partial charge in [0.2, 0.25) is 0 Å². The number of hydrogen-bond acceptors (Lipinski definition) is 5. The fraction of sp³-hybridized carbons (Fsp3) is 0.200. The molecule has 0 saturated heterocycles. The summed E-state index contributed by atoms with van der Waals surface area (Å²) < 4.78 is 27.5. The molecule has 1 aliphatic carbocycles. The molecule has 5 nitrogen and oxygen atoms in total. The second-order valence-corrected chi connectivity index (χ2v) is 4.78. The third-order valence-electron chi connectivity index (χ3n) is 3.18. The molecule has 0 aromatic rings. The summed E-state index contributed by atoms with van der Waals surface area (Å²) in [7, 11) is 0. The lowest BCUT2D eigenvalue weighted by Gasteiger charge is -2.19. The van der Waals surface area contributed by atoms with Crippen molar-refractivity contribution in [2.45, 2.75) is 12.2 Å². The van der Waals surface area contributed by atoms with Crippen molar-refractivity contribution in [1.29, 1.82) is 5.41 Å². The van der Waals surface area contributed by atoms with E-state index < -0.39 is 18.0 Å². The van der Waals surface area contributed by atoms with Crippen LogP contribution in [0.3, 0.4) is 0 Å². The van der Waals surface area contributed by atoms with Crippen LogP contribution in [0.5, 0.6) is 0 Å². The summed E-state index contributed by atoms with van der Waals surface area (Å²) in [4.78, 5) is 4.16. The van der Waals surface area contributed by atoms with Crippen molar-refractivity contribution in [3.8, 4) is 0 Å². The number of nitrogens with two attached hydrogens (primary N) is 2. The van der Waals surface area contributed by atoms with E-state index in [2.05, 4.69) is 10.3 Å². The number of hydrogen-bond donors (Lipinski definition) is 4. The van der Waals surface area contributed by atoms with Gasteiger partial charge in [-0.1, -0.05) is 18.2 Å². The van der Waals surface area contributed by atoms with Crippen LogP contribution >= 0.6 is 0 Å². The minimum absolute atomic E-state index is 0.0792. The number of alkyl halides is 1. The maximum Gasteiger partial charge on any atom is 0.150 e. The van der Waals surface area contributed by atoms with Gasteiger partial charge in [0.1, 0.15) is 12.0 Å². The quantitative estimate of drug-likeness (QED) is 0.590. The van der Waals surface area contributed by atoms with Crippen LogP contribution in [-0.2, 0) is 0 Å². The topological polar surface area (TPSA) is 100 Å². The molecule has 2 unspecified atom stereocenters. The lowest BCUT2D eigenvalue weighted by molar-refractivity contribution is 0.347. The summed E-state index contributed by atoms with van der Waals surface area (Å²) in [6.07, 6.45) is 8.12. The summed E-state index contributed by atoms with van der Waals surface area (Å²) >= 11 is 0. The number of amidine groups is 1. The van der Waals surface area contributed by atoms with Gasteiger partial charge in [-0.2, -0.15) is 0 Å². The number of halogens is 2. The maximum atomic E-state index is 13.9. The predicted molar refractivity (Wildman–Crippen MR) is 83.9 cm³/mol. The van der Waals surface area contributed by atoms with E-state index in [0.717, 1.165) is 5.57 Å². The normalized spacial score (nSPS) is 25.4. The Kier molecular flexibility index (Phi) is 5.00. The van der Waals surface area contributed by atoms with Crippen LogP contribution in [0.15, 0.2) is 64.7 Å². The van der Waals surface area contributed by atoms with Crippen molar-refractivity contribution in [1.82, 2.24) is 5.32 Å². The molecule has 116 valence electrons. The van der Waals surface area contributed by atoms with E-state index in [0.29, 0.717) is 12.4 Å². The Labute approximate surface area is 127 Å². The van der Waals surface area contributed by atoms with Crippen LogP contribution in [0.4, 0.5) is 8.78 Å². The standard InChI is InChI=1S/C15H17F2N5/c16-11-3-4-12(19)14(17)10(11)2-1-9-7-21-15(22-8-9)13(20)5-6-18/h1-7,12,14,20H,8,18-19H2,(H,21,22). The highest BCUT2D eigenvalue weighted by Crippen LogP contribution is 2.24. The van der Waals surface area contributed by atoms with E-state index >= 15 is 0 Å². The molecule has 1 aliphatic heterocycles. The molecule has 2 rings (SSSR count). The van der Waals surface area contributed by atoms with Crippen LogP contribution < -0.4 is 16.8 Å². The van der Waals surface area contributed by atoms with Gasteiger partial charge >= 0.3 is 0 Å². The molecule has 0 amide bonds. The monoisotopic (exact) mass is 305 g/mol. The third kappa shape index (κ3) is 3.56. The van der Waals surface area contributed by atoms with Gasteiger partial charge in [-0.05, 0) is 23.9 Å². The van der Waals surface area contributed by atoms with Crippen LogP contribution in [0, 0.1) is 5.41 Å². The Morgan fingerprint density at radius 3 is 2.86 bits per heavy atom. The molecule has 6 N–H and O–H groups in total. The number of nitrogens with one attached hydrogen (secondary N) is 2. The van der Waals surface area contributed by atoms with Crippen LogP contribution in [0.25, 0.3) is 0 Å². The molecule has 2 aliphatic rings.